The number of carboxylic acids is 1. The summed E-state index contributed by atoms with van der Waals surface area (Å²) in [7, 11) is 0. The van der Waals surface area contributed by atoms with E-state index in [9.17, 15) is 14.7 Å². The van der Waals surface area contributed by atoms with Crippen molar-refractivity contribution in [2.45, 2.75) is 40.0 Å². The molecule has 0 aromatic heterocycles. The molecular weight excluding hydrogens is 278 g/mol. The number of benzene rings is 1. The number of carbonyl (C=O) groups excluding carboxylic acids is 1. The van der Waals surface area contributed by atoms with Crippen molar-refractivity contribution in [1.29, 1.82) is 0 Å². The number of aliphatic carboxylic acids is 1. The molecule has 1 aromatic carbocycles. The van der Waals surface area contributed by atoms with E-state index in [1.165, 1.54) is 5.56 Å². The molecule has 0 saturated heterocycles. The Balaban J connectivity index is 2.14. The first-order valence-electron chi connectivity index (χ1n) is 7.70. The Morgan fingerprint density at radius 1 is 1.09 bits per heavy atom. The van der Waals surface area contributed by atoms with Gasteiger partial charge in [-0.2, -0.15) is 0 Å². The van der Waals surface area contributed by atoms with Gasteiger partial charge in [-0.25, -0.2) is 0 Å². The maximum Gasteiger partial charge on any atom is 0.307 e. The second-order valence-electron chi connectivity index (χ2n) is 6.06. The van der Waals surface area contributed by atoms with Gasteiger partial charge in [-0.05, 0) is 50.8 Å². The monoisotopic (exact) mass is 301 g/mol. The summed E-state index contributed by atoms with van der Waals surface area (Å²) in [5, 5.41) is 12.3. The topological polar surface area (TPSA) is 66.4 Å². The van der Waals surface area contributed by atoms with E-state index in [2.05, 4.69) is 12.2 Å². The molecule has 2 atom stereocenters. The summed E-state index contributed by atoms with van der Waals surface area (Å²) in [6.07, 6.45) is 1.91. The lowest BCUT2D eigenvalue weighted by atomic mass is 9.76. The summed E-state index contributed by atoms with van der Waals surface area (Å²) < 4.78 is 0. The summed E-state index contributed by atoms with van der Waals surface area (Å²) in [6.45, 7) is 6.00. The number of anilines is 1. The molecule has 0 spiro atoms. The van der Waals surface area contributed by atoms with Crippen molar-refractivity contribution in [2.75, 3.05) is 5.32 Å². The van der Waals surface area contributed by atoms with Crippen molar-refractivity contribution >= 4 is 17.6 Å². The molecule has 2 unspecified atom stereocenters. The van der Waals surface area contributed by atoms with Crippen LogP contribution in [0.25, 0.3) is 0 Å². The van der Waals surface area contributed by atoms with Crippen LogP contribution in [-0.4, -0.2) is 17.0 Å². The number of allylic oxidation sites excluding steroid dienone is 2. The molecule has 0 heterocycles. The third-order valence-electron chi connectivity index (χ3n) is 4.55. The molecule has 0 bridgehead atoms. The maximum absolute atomic E-state index is 12.5. The summed E-state index contributed by atoms with van der Waals surface area (Å²) in [4.78, 5) is 23.9. The first-order valence-corrected chi connectivity index (χ1v) is 7.70. The van der Waals surface area contributed by atoms with E-state index in [0.29, 0.717) is 12.8 Å². The number of rotatable bonds is 4. The van der Waals surface area contributed by atoms with Crippen LogP contribution in [0.1, 0.15) is 39.2 Å². The molecule has 1 aliphatic rings. The van der Waals surface area contributed by atoms with E-state index in [1.807, 2.05) is 38.1 Å². The largest absolute Gasteiger partial charge is 0.481 e. The Morgan fingerprint density at radius 2 is 1.64 bits per heavy atom. The van der Waals surface area contributed by atoms with Gasteiger partial charge in [-0.15, -0.1) is 0 Å². The molecule has 0 aliphatic heterocycles. The molecule has 4 nitrogen and oxygen atoms in total. The normalized spacial score (nSPS) is 21.6. The van der Waals surface area contributed by atoms with E-state index in [1.54, 1.807) is 0 Å². The zero-order valence-corrected chi connectivity index (χ0v) is 13.3. The van der Waals surface area contributed by atoms with Crippen molar-refractivity contribution in [3.05, 3.63) is 41.0 Å². The van der Waals surface area contributed by atoms with Gasteiger partial charge in [0.25, 0.3) is 0 Å². The second-order valence-corrected chi connectivity index (χ2v) is 6.06. The number of amides is 1. The van der Waals surface area contributed by atoms with E-state index in [-0.39, 0.29) is 5.91 Å². The molecule has 0 saturated carbocycles. The zero-order valence-electron chi connectivity index (χ0n) is 13.3. The smallest absolute Gasteiger partial charge is 0.307 e. The lowest BCUT2D eigenvalue weighted by molar-refractivity contribution is -0.146. The maximum atomic E-state index is 12.5. The molecule has 0 fully saturated rings. The van der Waals surface area contributed by atoms with Crippen LogP contribution in [-0.2, 0) is 16.0 Å². The minimum absolute atomic E-state index is 0.205. The van der Waals surface area contributed by atoms with Gasteiger partial charge in [0.15, 0.2) is 0 Å². The van der Waals surface area contributed by atoms with Crippen LogP contribution in [0.2, 0.25) is 0 Å². The minimum atomic E-state index is -0.895. The van der Waals surface area contributed by atoms with Crippen LogP contribution >= 0.6 is 0 Å². The van der Waals surface area contributed by atoms with Gasteiger partial charge >= 0.3 is 5.97 Å². The fourth-order valence-electron chi connectivity index (χ4n) is 2.89. The SMILES string of the molecule is CCc1ccc(NC(=O)C2CC(C)=C(C)CC2C(=O)O)cc1. The standard InChI is InChI=1S/C18H23NO3/c1-4-13-5-7-14(8-6-13)19-17(20)15-9-11(2)12(3)10-16(15)18(21)22/h5-8,15-16H,4,9-10H2,1-3H3,(H,19,20)(H,21,22). The molecule has 118 valence electrons. The molecule has 1 amide bonds. The summed E-state index contributed by atoms with van der Waals surface area (Å²) in [5.41, 5.74) is 4.13. The van der Waals surface area contributed by atoms with Crippen LogP contribution < -0.4 is 5.32 Å². The Bertz CT molecular complexity index is 601. The predicted molar refractivity (Wildman–Crippen MR) is 86.7 cm³/mol. The Morgan fingerprint density at radius 3 is 2.14 bits per heavy atom. The molecule has 1 aliphatic carbocycles. The number of hydrogen-bond acceptors (Lipinski definition) is 2. The average Bonchev–Trinajstić information content (AvgIpc) is 2.50. The highest BCUT2D eigenvalue weighted by molar-refractivity contribution is 5.95. The minimum Gasteiger partial charge on any atom is -0.481 e. The van der Waals surface area contributed by atoms with Gasteiger partial charge in [0.05, 0.1) is 11.8 Å². The third-order valence-corrected chi connectivity index (χ3v) is 4.55. The predicted octanol–water partition coefficient (Wildman–Crippen LogP) is 3.63. The molecule has 2 N–H and O–H groups in total. The summed E-state index contributed by atoms with van der Waals surface area (Å²) in [6, 6.07) is 7.67. The number of carboxylic acid groups (broad SMARTS) is 1. The van der Waals surface area contributed by atoms with Crippen molar-refractivity contribution in [3.8, 4) is 0 Å². The van der Waals surface area contributed by atoms with Crippen LogP contribution in [0.5, 0.6) is 0 Å². The number of aryl methyl sites for hydroxylation is 1. The fourth-order valence-corrected chi connectivity index (χ4v) is 2.89. The van der Waals surface area contributed by atoms with Crippen LogP contribution in [0.4, 0.5) is 5.69 Å². The number of hydrogen-bond donors (Lipinski definition) is 2. The first kappa shape index (κ1) is 16.3. The number of carbonyl (C=O) groups is 2. The van der Waals surface area contributed by atoms with Gasteiger partial charge in [0, 0.05) is 5.69 Å². The molecule has 4 heteroatoms. The lowest BCUT2D eigenvalue weighted by Gasteiger charge is -2.29. The van der Waals surface area contributed by atoms with Crippen LogP contribution in [0.3, 0.4) is 0 Å². The molecular formula is C18H23NO3. The van der Waals surface area contributed by atoms with E-state index in [0.717, 1.165) is 23.3 Å². The Kier molecular flexibility index (Phi) is 5.01. The quantitative estimate of drug-likeness (QED) is 0.834. The third kappa shape index (κ3) is 3.56. The summed E-state index contributed by atoms with van der Waals surface area (Å²) >= 11 is 0. The van der Waals surface area contributed by atoms with E-state index in [4.69, 9.17) is 0 Å². The average molecular weight is 301 g/mol. The van der Waals surface area contributed by atoms with Crippen molar-refractivity contribution < 1.29 is 14.7 Å². The molecule has 2 rings (SSSR count). The van der Waals surface area contributed by atoms with Gasteiger partial charge in [-0.3, -0.25) is 9.59 Å². The lowest BCUT2D eigenvalue weighted by Crippen LogP contribution is -2.36. The molecule has 1 aromatic rings. The van der Waals surface area contributed by atoms with Crippen molar-refractivity contribution in [2.24, 2.45) is 11.8 Å². The van der Waals surface area contributed by atoms with E-state index >= 15 is 0 Å². The van der Waals surface area contributed by atoms with Crippen LogP contribution in [0.15, 0.2) is 35.4 Å². The Hall–Kier alpha value is -2.10. The van der Waals surface area contributed by atoms with Gasteiger partial charge < -0.3 is 10.4 Å². The Labute approximate surface area is 131 Å². The van der Waals surface area contributed by atoms with Crippen LogP contribution in [0, 0.1) is 11.8 Å². The highest BCUT2D eigenvalue weighted by atomic mass is 16.4. The first-order chi connectivity index (χ1) is 10.4. The molecule has 22 heavy (non-hydrogen) atoms. The zero-order chi connectivity index (χ0) is 16.3. The summed E-state index contributed by atoms with van der Waals surface area (Å²) in [5.74, 6) is -2.25. The fraction of sp³-hybridized carbons (Fsp3) is 0.444. The molecule has 0 radical (unpaired) electrons. The van der Waals surface area contributed by atoms with Crippen molar-refractivity contribution in [1.82, 2.24) is 0 Å². The highest BCUT2D eigenvalue weighted by Gasteiger charge is 2.37. The van der Waals surface area contributed by atoms with Gasteiger partial charge in [0.2, 0.25) is 5.91 Å². The van der Waals surface area contributed by atoms with Gasteiger partial charge in [-0.1, -0.05) is 30.2 Å². The van der Waals surface area contributed by atoms with Gasteiger partial charge in [0.1, 0.15) is 0 Å². The second kappa shape index (κ2) is 6.77. The van der Waals surface area contributed by atoms with E-state index < -0.39 is 17.8 Å². The van der Waals surface area contributed by atoms with Crippen molar-refractivity contribution in [3.63, 3.8) is 0 Å². The highest BCUT2D eigenvalue weighted by Crippen LogP contribution is 2.35. The number of nitrogens with one attached hydrogen (secondary N) is 1.